The lowest BCUT2D eigenvalue weighted by atomic mass is 9.85. The van der Waals surface area contributed by atoms with Gasteiger partial charge in [-0.15, -0.1) is 0 Å². The van der Waals surface area contributed by atoms with Crippen molar-refractivity contribution in [3.63, 3.8) is 0 Å². The molecule has 0 spiro atoms. The van der Waals surface area contributed by atoms with Crippen LogP contribution in [0.4, 0.5) is 4.39 Å². The number of esters is 1. The number of aliphatic imine (C=N–C) groups is 1. The maximum Gasteiger partial charge on any atom is 0.309 e. The Hall–Kier alpha value is -1.89. The van der Waals surface area contributed by atoms with Gasteiger partial charge < -0.3 is 14.4 Å². The number of ether oxygens (including phenoxy) is 2. The zero-order chi connectivity index (χ0) is 25.3. The second kappa shape index (κ2) is 13.1. The smallest absolute Gasteiger partial charge is 0.309 e. The number of hydrogen-bond acceptors (Lipinski definition) is 5. The number of rotatable bonds is 11. The number of carbonyl (C=O) groups excluding carboxylic acids is 1. The largest absolute Gasteiger partial charge is 0.460 e. The summed E-state index contributed by atoms with van der Waals surface area (Å²) in [6, 6.07) is 0.169. The molecule has 184 valence electrons. The Kier molecular flexibility index (Phi) is 11.6. The van der Waals surface area contributed by atoms with E-state index in [9.17, 15) is 9.18 Å². The van der Waals surface area contributed by atoms with Gasteiger partial charge in [-0.2, -0.15) is 0 Å². The molecule has 1 aliphatic rings. The molecule has 0 heterocycles. The van der Waals surface area contributed by atoms with Crippen molar-refractivity contribution in [3.05, 3.63) is 34.7 Å². The highest BCUT2D eigenvalue weighted by atomic mass is 19.1. The van der Waals surface area contributed by atoms with Crippen LogP contribution in [0, 0.1) is 11.8 Å². The third-order valence-electron chi connectivity index (χ3n) is 5.85. The fourth-order valence-electron chi connectivity index (χ4n) is 4.10. The molecule has 1 aliphatic carbocycles. The number of carbonyl (C=O) groups is 1. The van der Waals surface area contributed by atoms with Gasteiger partial charge in [0.1, 0.15) is 26.0 Å². The van der Waals surface area contributed by atoms with E-state index in [-0.39, 0.29) is 30.1 Å². The number of allylic oxidation sites excluding steroid dienone is 6. The fourth-order valence-corrected chi connectivity index (χ4v) is 4.10. The topological polar surface area (TPSA) is 51.1 Å². The molecule has 7 heteroatoms. The Morgan fingerprint density at radius 3 is 2.33 bits per heavy atom. The van der Waals surface area contributed by atoms with Gasteiger partial charge >= 0.3 is 5.97 Å². The summed E-state index contributed by atoms with van der Waals surface area (Å²) < 4.78 is 25.1. The maximum atomic E-state index is 14.4. The maximum absolute atomic E-state index is 14.4. The third-order valence-corrected chi connectivity index (χ3v) is 5.85. The zero-order valence-electron chi connectivity index (χ0n) is 22.0. The quantitative estimate of drug-likeness (QED) is 0.292. The van der Waals surface area contributed by atoms with Crippen LogP contribution in [-0.4, -0.2) is 56.5 Å². The van der Waals surface area contributed by atoms with Crippen molar-refractivity contribution >= 4 is 19.5 Å². The van der Waals surface area contributed by atoms with E-state index < -0.39 is 11.4 Å². The predicted molar refractivity (Wildman–Crippen MR) is 135 cm³/mol. The summed E-state index contributed by atoms with van der Waals surface area (Å²) in [5.74, 6) is -0.425. The molecule has 0 aliphatic heterocycles. The first-order chi connectivity index (χ1) is 15.4. The summed E-state index contributed by atoms with van der Waals surface area (Å²) in [5.41, 5.74) is 1.80. The Balaban J connectivity index is 3.23. The average Bonchev–Trinajstić information content (AvgIpc) is 2.72. The van der Waals surface area contributed by atoms with E-state index in [1.54, 1.807) is 13.2 Å². The van der Waals surface area contributed by atoms with E-state index in [0.717, 1.165) is 31.5 Å². The molecule has 2 radical (unpaired) electrons. The van der Waals surface area contributed by atoms with Crippen LogP contribution in [0.5, 0.6) is 0 Å². The molecule has 0 saturated carbocycles. The van der Waals surface area contributed by atoms with E-state index in [1.165, 1.54) is 6.08 Å². The van der Waals surface area contributed by atoms with Gasteiger partial charge in [0.25, 0.3) is 0 Å². The van der Waals surface area contributed by atoms with Gasteiger partial charge in [-0.05, 0) is 72.0 Å². The van der Waals surface area contributed by atoms with Crippen molar-refractivity contribution in [2.24, 2.45) is 16.8 Å². The fraction of sp³-hybridized carbons (Fsp3) is 0.692. The monoisotopic (exact) mass is 460 g/mol. The molecular weight excluding hydrogens is 418 g/mol. The summed E-state index contributed by atoms with van der Waals surface area (Å²) in [5, 5.41) is 0. The van der Waals surface area contributed by atoms with Crippen molar-refractivity contribution in [1.82, 2.24) is 4.90 Å². The Bertz CT molecular complexity index is 794. The summed E-state index contributed by atoms with van der Waals surface area (Å²) in [6.45, 7) is 17.0. The molecule has 0 N–H and O–H groups in total. The average molecular weight is 460 g/mol. The lowest BCUT2D eigenvalue weighted by molar-refractivity contribution is -0.160. The number of nitrogens with zero attached hydrogens (tertiary/aromatic N) is 2. The Morgan fingerprint density at radius 1 is 1.21 bits per heavy atom. The molecule has 5 nitrogen and oxygen atoms in total. The lowest BCUT2D eigenvalue weighted by Crippen LogP contribution is -2.39. The molecule has 0 aromatic heterocycles. The summed E-state index contributed by atoms with van der Waals surface area (Å²) in [4.78, 5) is 19.4. The summed E-state index contributed by atoms with van der Waals surface area (Å²) >= 11 is 0. The van der Waals surface area contributed by atoms with Crippen LogP contribution in [0.25, 0.3) is 0 Å². The standard InChI is InChI=1S/C26H42BFN2O3/c1-10-19(25(31)33-26(6,7)8)12-13-24(17(3)4)30(11-2)18(5)20-14-22(28)21(27)15-23(20)29-16-32-9/h14-15,17,19,24H,10-13,16H2,1-9H3/b20-18+,29-23-. The molecule has 0 bridgehead atoms. The molecule has 33 heavy (non-hydrogen) atoms. The van der Waals surface area contributed by atoms with Gasteiger partial charge in [-0.1, -0.05) is 26.2 Å². The molecule has 0 aromatic carbocycles. The highest BCUT2D eigenvalue weighted by Crippen LogP contribution is 2.29. The second-order valence-electron chi connectivity index (χ2n) is 9.87. The first kappa shape index (κ1) is 29.1. The normalized spacial score (nSPS) is 19.2. The molecule has 2 atom stereocenters. The predicted octanol–water partition coefficient (Wildman–Crippen LogP) is 5.72. The van der Waals surface area contributed by atoms with Crippen LogP contribution in [0.3, 0.4) is 0 Å². The van der Waals surface area contributed by atoms with Crippen LogP contribution >= 0.6 is 0 Å². The van der Waals surface area contributed by atoms with Crippen LogP contribution < -0.4 is 0 Å². The van der Waals surface area contributed by atoms with Gasteiger partial charge in [0.15, 0.2) is 0 Å². The van der Waals surface area contributed by atoms with Gasteiger partial charge in [-0.25, -0.2) is 4.39 Å². The zero-order valence-corrected chi connectivity index (χ0v) is 22.0. The van der Waals surface area contributed by atoms with Crippen molar-refractivity contribution in [1.29, 1.82) is 0 Å². The van der Waals surface area contributed by atoms with Crippen LogP contribution in [0.15, 0.2) is 39.7 Å². The minimum absolute atomic E-state index is 0.0630. The first-order valence-corrected chi connectivity index (χ1v) is 11.9. The summed E-state index contributed by atoms with van der Waals surface area (Å²) in [7, 11) is 7.37. The molecule has 0 fully saturated rings. The SMILES string of the molecule is [B]C1=CC(=N/COC)/C(=C(\C)N(CC)C(CCC(CC)C(=O)OC(C)(C)C)C(C)C)C=C1F. The molecular formula is C26H42BFN2O3. The van der Waals surface area contributed by atoms with E-state index in [1.807, 2.05) is 34.6 Å². The highest BCUT2D eigenvalue weighted by molar-refractivity contribution is 6.29. The van der Waals surface area contributed by atoms with E-state index >= 15 is 0 Å². The third kappa shape index (κ3) is 8.76. The minimum Gasteiger partial charge on any atom is -0.460 e. The molecule has 0 saturated heterocycles. The van der Waals surface area contributed by atoms with Crippen LogP contribution in [0.1, 0.15) is 74.7 Å². The number of hydrogen-bond donors (Lipinski definition) is 0. The molecule has 0 amide bonds. The number of methoxy groups -OCH3 is 1. The molecule has 1 rings (SSSR count). The Labute approximate surface area is 201 Å². The number of halogens is 1. The first-order valence-electron chi connectivity index (χ1n) is 11.9. The van der Waals surface area contributed by atoms with Crippen LogP contribution in [-0.2, 0) is 14.3 Å². The van der Waals surface area contributed by atoms with E-state index in [0.29, 0.717) is 17.2 Å². The minimum atomic E-state index is -0.497. The van der Waals surface area contributed by atoms with Crippen molar-refractivity contribution < 1.29 is 18.7 Å². The van der Waals surface area contributed by atoms with Gasteiger partial charge in [-0.3, -0.25) is 9.79 Å². The van der Waals surface area contributed by atoms with Crippen LogP contribution in [0.2, 0.25) is 0 Å². The van der Waals surface area contributed by atoms with Gasteiger partial charge in [0.2, 0.25) is 0 Å². The molecule has 0 aromatic rings. The summed E-state index contributed by atoms with van der Waals surface area (Å²) in [6.07, 6.45) is 5.30. The van der Waals surface area contributed by atoms with Gasteiger partial charge in [0, 0.05) is 31.0 Å². The van der Waals surface area contributed by atoms with Crippen molar-refractivity contribution in [3.8, 4) is 0 Å². The molecule has 2 unspecified atom stereocenters. The van der Waals surface area contributed by atoms with E-state index in [4.69, 9.17) is 17.3 Å². The second-order valence-corrected chi connectivity index (χ2v) is 9.87. The van der Waals surface area contributed by atoms with Crippen molar-refractivity contribution in [2.45, 2.75) is 86.3 Å². The van der Waals surface area contributed by atoms with Crippen molar-refractivity contribution in [2.75, 3.05) is 20.4 Å². The van der Waals surface area contributed by atoms with E-state index in [2.05, 4.69) is 30.7 Å². The lowest BCUT2D eigenvalue weighted by Gasteiger charge is -2.38. The highest BCUT2D eigenvalue weighted by Gasteiger charge is 2.29. The van der Waals surface area contributed by atoms with Gasteiger partial charge in [0.05, 0.1) is 11.6 Å². The Morgan fingerprint density at radius 2 is 1.85 bits per heavy atom.